The van der Waals surface area contributed by atoms with Crippen molar-refractivity contribution >= 4 is 23.2 Å². The number of amides is 1. The summed E-state index contributed by atoms with van der Waals surface area (Å²) >= 11 is 5.89. The second kappa shape index (κ2) is 6.56. The number of carbonyl (C=O) groups is 1. The number of halogens is 4. The molecule has 1 atom stereocenters. The van der Waals surface area contributed by atoms with Gasteiger partial charge in [0.05, 0.1) is 17.6 Å². The van der Waals surface area contributed by atoms with Gasteiger partial charge >= 0.3 is 6.18 Å². The van der Waals surface area contributed by atoms with Crippen molar-refractivity contribution in [3.05, 3.63) is 46.9 Å². The molecule has 0 saturated heterocycles. The normalized spacial score (nSPS) is 13.0. The lowest BCUT2D eigenvalue weighted by molar-refractivity contribution is -0.149. The van der Waals surface area contributed by atoms with Crippen molar-refractivity contribution in [2.45, 2.75) is 26.1 Å². The molecule has 3 aromatic rings. The largest absolute Gasteiger partial charge is 0.408 e. The van der Waals surface area contributed by atoms with Crippen LogP contribution in [0.25, 0.3) is 17.0 Å². The first kappa shape index (κ1) is 18.1. The maximum Gasteiger partial charge on any atom is 0.408 e. The molecule has 0 aliphatic rings. The summed E-state index contributed by atoms with van der Waals surface area (Å²) in [6.45, 7) is 2.60. The number of hydrogen-bond acceptors (Lipinski definition) is 4. The van der Waals surface area contributed by atoms with Gasteiger partial charge in [0.25, 0.3) is 5.91 Å². The fourth-order valence-corrected chi connectivity index (χ4v) is 2.48. The molecule has 26 heavy (non-hydrogen) atoms. The molecule has 6 nitrogen and oxygen atoms in total. The molecule has 0 bridgehead atoms. The molecule has 0 unspecified atom stereocenters. The molecule has 0 saturated carbocycles. The van der Waals surface area contributed by atoms with E-state index in [0.717, 1.165) is 6.92 Å². The summed E-state index contributed by atoms with van der Waals surface area (Å²) in [5.41, 5.74) is 1.60. The highest BCUT2D eigenvalue weighted by atomic mass is 35.5. The second-order valence-electron chi connectivity index (χ2n) is 5.66. The van der Waals surface area contributed by atoms with Crippen molar-refractivity contribution in [2.75, 3.05) is 0 Å². The Morgan fingerprint density at radius 3 is 2.65 bits per heavy atom. The summed E-state index contributed by atoms with van der Waals surface area (Å²) in [6, 6.07) is 4.68. The standard InChI is InChI=1S/C16H13ClF3N5O/c1-8-6-12(11-4-3-5-13(17)23-11)24-14-10(7-21-25(8)14)15(26)22-9(2)16(18,19)20/h3-7,9H,1-2H3,(H,22,26)/t9-/m0/s1. The number of hydrogen-bond donors (Lipinski definition) is 1. The van der Waals surface area contributed by atoms with E-state index in [4.69, 9.17) is 11.6 Å². The number of alkyl halides is 3. The molecule has 10 heteroatoms. The van der Waals surface area contributed by atoms with E-state index >= 15 is 0 Å². The molecular formula is C16H13ClF3N5O. The van der Waals surface area contributed by atoms with Gasteiger partial charge in [0.1, 0.15) is 16.8 Å². The first-order chi connectivity index (χ1) is 12.2. The van der Waals surface area contributed by atoms with Crippen molar-refractivity contribution < 1.29 is 18.0 Å². The van der Waals surface area contributed by atoms with E-state index in [-0.39, 0.29) is 16.4 Å². The molecule has 0 aliphatic heterocycles. The van der Waals surface area contributed by atoms with Crippen molar-refractivity contribution in [3.8, 4) is 11.4 Å². The number of rotatable bonds is 3. The van der Waals surface area contributed by atoms with Gasteiger partial charge in [-0.3, -0.25) is 4.79 Å². The molecule has 3 rings (SSSR count). The van der Waals surface area contributed by atoms with Crippen LogP contribution in [0.1, 0.15) is 23.0 Å². The Morgan fingerprint density at radius 2 is 2.00 bits per heavy atom. The summed E-state index contributed by atoms with van der Waals surface area (Å²) in [7, 11) is 0. The van der Waals surface area contributed by atoms with E-state index in [1.165, 1.54) is 10.7 Å². The lowest BCUT2D eigenvalue weighted by Gasteiger charge is -2.16. The number of pyridine rings is 1. The van der Waals surface area contributed by atoms with Gasteiger partial charge in [-0.25, -0.2) is 14.5 Å². The van der Waals surface area contributed by atoms with Crippen LogP contribution in [0.3, 0.4) is 0 Å². The van der Waals surface area contributed by atoms with Crippen LogP contribution in [0.5, 0.6) is 0 Å². The number of fused-ring (bicyclic) bond motifs is 1. The summed E-state index contributed by atoms with van der Waals surface area (Å²) in [6.07, 6.45) is -3.36. The van der Waals surface area contributed by atoms with E-state index in [9.17, 15) is 18.0 Å². The number of carbonyl (C=O) groups excluding carboxylic acids is 1. The van der Waals surface area contributed by atoms with Crippen LogP contribution in [0.2, 0.25) is 5.15 Å². The van der Waals surface area contributed by atoms with Crippen LogP contribution in [0, 0.1) is 6.92 Å². The predicted octanol–water partition coefficient (Wildman–Crippen LogP) is 3.43. The average molecular weight is 384 g/mol. The monoisotopic (exact) mass is 383 g/mol. The zero-order valence-electron chi connectivity index (χ0n) is 13.7. The fraction of sp³-hybridized carbons (Fsp3) is 0.250. The summed E-state index contributed by atoms with van der Waals surface area (Å²) in [5.74, 6) is -0.909. The van der Waals surface area contributed by atoms with Gasteiger partial charge in [-0.05, 0) is 32.0 Å². The molecule has 3 heterocycles. The van der Waals surface area contributed by atoms with Crippen LogP contribution >= 0.6 is 11.6 Å². The van der Waals surface area contributed by atoms with E-state index in [2.05, 4.69) is 15.1 Å². The van der Waals surface area contributed by atoms with Crippen molar-refractivity contribution in [1.29, 1.82) is 0 Å². The zero-order chi connectivity index (χ0) is 19.1. The molecule has 1 N–H and O–H groups in total. The average Bonchev–Trinajstić information content (AvgIpc) is 2.98. The smallest absolute Gasteiger partial charge is 0.340 e. The maximum atomic E-state index is 12.7. The molecule has 0 aliphatic carbocycles. The van der Waals surface area contributed by atoms with Crippen LogP contribution in [-0.4, -0.2) is 37.7 Å². The quantitative estimate of drug-likeness (QED) is 0.703. The van der Waals surface area contributed by atoms with Gasteiger partial charge in [0.15, 0.2) is 5.65 Å². The predicted molar refractivity (Wildman–Crippen MR) is 88.9 cm³/mol. The number of nitrogens with zero attached hydrogens (tertiary/aromatic N) is 4. The first-order valence-corrected chi connectivity index (χ1v) is 7.90. The Kier molecular flexibility index (Phi) is 4.57. The minimum atomic E-state index is -4.54. The van der Waals surface area contributed by atoms with Crippen LogP contribution < -0.4 is 5.32 Å². The van der Waals surface area contributed by atoms with Gasteiger partial charge in [-0.2, -0.15) is 18.3 Å². The third-order valence-electron chi connectivity index (χ3n) is 3.71. The van der Waals surface area contributed by atoms with Gasteiger partial charge in [-0.15, -0.1) is 0 Å². The summed E-state index contributed by atoms with van der Waals surface area (Å²) in [5, 5.41) is 6.21. The minimum Gasteiger partial charge on any atom is -0.340 e. The number of aryl methyl sites for hydroxylation is 1. The van der Waals surface area contributed by atoms with Gasteiger partial charge in [0.2, 0.25) is 0 Å². The molecule has 1 amide bonds. The van der Waals surface area contributed by atoms with E-state index < -0.39 is 18.1 Å². The van der Waals surface area contributed by atoms with Crippen molar-refractivity contribution in [1.82, 2.24) is 24.9 Å². The summed E-state index contributed by atoms with van der Waals surface area (Å²) < 4.78 is 39.4. The third kappa shape index (κ3) is 3.48. The lowest BCUT2D eigenvalue weighted by Crippen LogP contribution is -2.43. The minimum absolute atomic E-state index is 0.0620. The van der Waals surface area contributed by atoms with E-state index in [1.54, 1.807) is 31.2 Å². The van der Waals surface area contributed by atoms with Gasteiger partial charge < -0.3 is 5.32 Å². The fourth-order valence-electron chi connectivity index (χ4n) is 2.31. The Balaban J connectivity index is 2.04. The zero-order valence-corrected chi connectivity index (χ0v) is 14.4. The molecule has 136 valence electrons. The highest BCUT2D eigenvalue weighted by Gasteiger charge is 2.37. The Morgan fingerprint density at radius 1 is 1.27 bits per heavy atom. The highest BCUT2D eigenvalue weighted by Crippen LogP contribution is 2.22. The summed E-state index contributed by atoms with van der Waals surface area (Å²) in [4.78, 5) is 20.7. The Hall–Kier alpha value is -2.68. The number of nitrogens with one attached hydrogen (secondary N) is 1. The molecule has 0 aromatic carbocycles. The van der Waals surface area contributed by atoms with Crippen molar-refractivity contribution in [3.63, 3.8) is 0 Å². The Labute approximate surface area is 151 Å². The van der Waals surface area contributed by atoms with Crippen LogP contribution in [0.15, 0.2) is 30.5 Å². The molecular weight excluding hydrogens is 371 g/mol. The molecule has 0 radical (unpaired) electrons. The first-order valence-electron chi connectivity index (χ1n) is 7.52. The third-order valence-corrected chi connectivity index (χ3v) is 3.92. The lowest BCUT2D eigenvalue weighted by atomic mass is 10.2. The number of aromatic nitrogens is 4. The highest BCUT2D eigenvalue weighted by molar-refractivity contribution is 6.29. The van der Waals surface area contributed by atoms with Gasteiger partial charge in [0, 0.05) is 5.69 Å². The van der Waals surface area contributed by atoms with Crippen LogP contribution in [-0.2, 0) is 0 Å². The van der Waals surface area contributed by atoms with Gasteiger partial charge in [-0.1, -0.05) is 17.7 Å². The molecule has 0 spiro atoms. The maximum absolute atomic E-state index is 12.7. The SMILES string of the molecule is Cc1cc(-c2cccc(Cl)n2)nc2c(C(=O)N[C@@H](C)C(F)(F)F)cnn12. The molecule has 3 aromatic heterocycles. The van der Waals surface area contributed by atoms with Crippen molar-refractivity contribution in [2.24, 2.45) is 0 Å². The van der Waals surface area contributed by atoms with E-state index in [0.29, 0.717) is 17.1 Å². The van der Waals surface area contributed by atoms with E-state index in [1.807, 2.05) is 5.32 Å². The van der Waals surface area contributed by atoms with Crippen LogP contribution in [0.4, 0.5) is 13.2 Å². The second-order valence-corrected chi connectivity index (χ2v) is 6.05. The topological polar surface area (TPSA) is 72.2 Å². The Bertz CT molecular complexity index is 986. The molecule has 0 fully saturated rings.